The Kier molecular flexibility index (Phi) is 10.8. The van der Waals surface area contributed by atoms with Crippen LogP contribution in [0.4, 0.5) is 0 Å². The van der Waals surface area contributed by atoms with Gasteiger partial charge in [0, 0.05) is 16.5 Å². The predicted molar refractivity (Wildman–Crippen MR) is 223 cm³/mol. The molecule has 0 unspecified atom stereocenters. The Morgan fingerprint density at radius 3 is 2.08 bits per heavy atom. The fraction of sp³-hybridized carbons (Fsp3) is 0.204. The summed E-state index contributed by atoms with van der Waals surface area (Å²) < 4.78 is 0. The van der Waals surface area contributed by atoms with E-state index in [1.165, 1.54) is 65.5 Å². The largest absolute Gasteiger partial charge is 0.261 e. The molecular weight excluding hydrogens is 631 g/mol. The third-order valence-electron chi connectivity index (χ3n) is 10.7. The lowest BCUT2D eigenvalue weighted by Gasteiger charge is -2.39. The molecule has 0 radical (unpaired) electrons. The van der Waals surface area contributed by atoms with Crippen molar-refractivity contribution < 1.29 is 0 Å². The number of benzene rings is 6. The summed E-state index contributed by atoms with van der Waals surface area (Å²) in [6.45, 7) is 8.72. The maximum atomic E-state index is 5.08. The molecule has 1 aliphatic carbocycles. The lowest BCUT2D eigenvalue weighted by Crippen LogP contribution is -2.30. The Morgan fingerprint density at radius 1 is 0.692 bits per heavy atom. The molecule has 3 heteroatoms. The number of aryl methyl sites for hydroxylation is 1. The number of amidine groups is 2. The van der Waals surface area contributed by atoms with Crippen molar-refractivity contribution in [1.82, 2.24) is 0 Å². The summed E-state index contributed by atoms with van der Waals surface area (Å²) in [7, 11) is 0. The average Bonchev–Trinajstić information content (AvgIpc) is 3.22. The lowest BCUT2D eigenvalue weighted by atomic mass is 9.65. The molecule has 0 amide bonds. The summed E-state index contributed by atoms with van der Waals surface area (Å²) in [4.78, 5) is 14.5. The van der Waals surface area contributed by atoms with Gasteiger partial charge in [-0.1, -0.05) is 172 Å². The predicted octanol–water partition coefficient (Wildman–Crippen LogP) is 12.4. The van der Waals surface area contributed by atoms with E-state index in [1.807, 2.05) is 36.4 Å². The zero-order valence-corrected chi connectivity index (χ0v) is 30.4. The Balaban J connectivity index is 1.18. The average molecular weight is 678 g/mol. The molecule has 0 aliphatic heterocycles. The molecule has 6 aromatic carbocycles. The highest BCUT2D eigenvalue weighted by molar-refractivity contribution is 6.17. The lowest BCUT2D eigenvalue weighted by molar-refractivity contribution is 0.346. The van der Waals surface area contributed by atoms with E-state index in [1.54, 1.807) is 0 Å². The molecule has 3 nitrogen and oxygen atoms in total. The summed E-state index contributed by atoms with van der Waals surface area (Å²) in [6.07, 6.45) is 11.5. The third kappa shape index (κ3) is 7.36. The summed E-state index contributed by atoms with van der Waals surface area (Å²) >= 11 is 0. The first-order chi connectivity index (χ1) is 25.6. The van der Waals surface area contributed by atoms with E-state index < -0.39 is 0 Å². The van der Waals surface area contributed by atoms with Crippen molar-refractivity contribution in [3.63, 3.8) is 0 Å². The number of hydrogen-bond acceptors (Lipinski definition) is 1. The van der Waals surface area contributed by atoms with Gasteiger partial charge < -0.3 is 0 Å². The van der Waals surface area contributed by atoms with E-state index in [0.717, 1.165) is 33.9 Å². The summed E-state index contributed by atoms with van der Waals surface area (Å²) in [5.41, 5.74) is 11.1. The number of allylic oxidation sites excluding steroid dienone is 1. The molecule has 258 valence electrons. The van der Waals surface area contributed by atoms with Gasteiger partial charge in [-0.15, -0.1) is 0 Å². The van der Waals surface area contributed by atoms with Crippen LogP contribution in [0.25, 0.3) is 28.0 Å². The third-order valence-corrected chi connectivity index (χ3v) is 10.7. The van der Waals surface area contributed by atoms with Crippen LogP contribution in [0.3, 0.4) is 0 Å². The van der Waals surface area contributed by atoms with Gasteiger partial charge in [0.05, 0.1) is 6.54 Å². The Labute approximate surface area is 309 Å². The molecule has 0 N–H and O–H groups in total. The van der Waals surface area contributed by atoms with E-state index in [-0.39, 0.29) is 5.41 Å². The molecule has 0 aromatic heterocycles. The van der Waals surface area contributed by atoms with Crippen LogP contribution in [0.1, 0.15) is 84.9 Å². The van der Waals surface area contributed by atoms with Crippen LogP contribution < -0.4 is 0 Å². The van der Waals surface area contributed by atoms with Gasteiger partial charge >= 0.3 is 0 Å². The molecule has 52 heavy (non-hydrogen) atoms. The van der Waals surface area contributed by atoms with Crippen molar-refractivity contribution in [2.75, 3.05) is 0 Å². The molecule has 0 saturated heterocycles. The van der Waals surface area contributed by atoms with E-state index in [9.17, 15) is 0 Å². The minimum absolute atomic E-state index is 0.0171. The molecule has 0 spiro atoms. The number of fused-ring (bicyclic) bond motifs is 1. The number of hydrogen-bond donors (Lipinski definition) is 0. The van der Waals surface area contributed by atoms with E-state index >= 15 is 0 Å². The second kappa shape index (κ2) is 16.1. The molecule has 0 heterocycles. The molecule has 7 rings (SSSR count). The van der Waals surface area contributed by atoms with Crippen molar-refractivity contribution in [2.24, 2.45) is 15.0 Å². The van der Waals surface area contributed by atoms with Gasteiger partial charge in [-0.3, -0.25) is 4.99 Å². The molecule has 1 fully saturated rings. The highest BCUT2D eigenvalue weighted by Crippen LogP contribution is 2.45. The van der Waals surface area contributed by atoms with E-state index in [2.05, 4.69) is 141 Å². The van der Waals surface area contributed by atoms with Crippen molar-refractivity contribution in [3.8, 4) is 11.1 Å². The van der Waals surface area contributed by atoms with E-state index in [0.29, 0.717) is 18.2 Å². The van der Waals surface area contributed by atoms with Crippen LogP contribution in [0.2, 0.25) is 0 Å². The molecular formula is C49H47N3. The standard InChI is InChI=1S/C49H47N3/c1-4-15-41-34-42(25-24-37(41)5-2)38-26-30-44(31-27-38)49(32-12-7-13-33-49)43-28-22-36(23-29-43)35-51-47(40-17-8-6-9-18-40)52-48(50-3)46-21-14-19-39-16-10-11-20-45(39)46/h4,6,8-11,14-31,34H,3,5,7,12-13,32-33,35H2,1-2H3/b15-4-,51-47?,52-48?. The molecule has 1 saturated carbocycles. The fourth-order valence-corrected chi connectivity index (χ4v) is 7.89. The molecule has 0 atom stereocenters. The maximum absolute atomic E-state index is 5.08. The smallest absolute Gasteiger partial charge is 0.161 e. The van der Waals surface area contributed by atoms with Crippen molar-refractivity contribution in [3.05, 3.63) is 185 Å². The number of aliphatic imine (C=N–C) groups is 3. The maximum Gasteiger partial charge on any atom is 0.161 e. The SMILES string of the molecule is C=NC(=NC(=NCc1ccc(C2(c3ccc(-c4ccc(CC)c(/C=C\C)c4)cc3)CCCCC2)cc1)c1ccccc1)c1cccc2ccccc12. The number of rotatable bonds is 9. The van der Waals surface area contributed by atoms with Crippen LogP contribution in [-0.2, 0) is 18.4 Å². The first-order valence-electron chi connectivity index (χ1n) is 18.7. The summed E-state index contributed by atoms with van der Waals surface area (Å²) in [5, 5.41) is 2.23. The van der Waals surface area contributed by atoms with Gasteiger partial charge in [-0.25, -0.2) is 9.98 Å². The molecule has 0 bridgehead atoms. The van der Waals surface area contributed by atoms with Crippen molar-refractivity contribution in [2.45, 2.75) is 64.3 Å². The van der Waals surface area contributed by atoms with Crippen LogP contribution in [0, 0.1) is 0 Å². The second-order valence-electron chi connectivity index (χ2n) is 13.8. The normalized spacial score (nSPS) is 14.9. The second-order valence-corrected chi connectivity index (χ2v) is 13.8. The first kappa shape index (κ1) is 34.8. The summed E-state index contributed by atoms with van der Waals surface area (Å²) in [6, 6.07) is 50.1. The topological polar surface area (TPSA) is 37.1 Å². The Morgan fingerprint density at radius 2 is 1.37 bits per heavy atom. The van der Waals surface area contributed by atoms with Gasteiger partial charge in [0.2, 0.25) is 0 Å². The van der Waals surface area contributed by atoms with Gasteiger partial charge in [-0.05, 0) is 88.7 Å². The minimum atomic E-state index is 0.0171. The quantitative estimate of drug-likeness (QED) is 0.108. The van der Waals surface area contributed by atoms with Gasteiger partial charge in [-0.2, -0.15) is 0 Å². The zero-order valence-electron chi connectivity index (χ0n) is 30.4. The van der Waals surface area contributed by atoms with Crippen molar-refractivity contribution >= 4 is 35.2 Å². The van der Waals surface area contributed by atoms with Crippen LogP contribution >= 0.6 is 0 Å². The minimum Gasteiger partial charge on any atom is -0.261 e. The van der Waals surface area contributed by atoms with Gasteiger partial charge in [0.1, 0.15) is 0 Å². The summed E-state index contributed by atoms with van der Waals surface area (Å²) in [5.74, 6) is 1.21. The Hall–Kier alpha value is -5.67. The highest BCUT2D eigenvalue weighted by atomic mass is 15.0. The number of nitrogens with zero attached hydrogens (tertiary/aromatic N) is 3. The van der Waals surface area contributed by atoms with E-state index in [4.69, 9.17) is 9.98 Å². The van der Waals surface area contributed by atoms with Crippen LogP contribution in [0.5, 0.6) is 0 Å². The fourth-order valence-electron chi connectivity index (χ4n) is 7.89. The van der Waals surface area contributed by atoms with Crippen molar-refractivity contribution in [1.29, 1.82) is 0 Å². The monoisotopic (exact) mass is 677 g/mol. The van der Waals surface area contributed by atoms with Gasteiger partial charge in [0.25, 0.3) is 0 Å². The van der Waals surface area contributed by atoms with Crippen LogP contribution in [-0.4, -0.2) is 18.4 Å². The van der Waals surface area contributed by atoms with Crippen LogP contribution in [0.15, 0.2) is 161 Å². The molecule has 6 aromatic rings. The zero-order chi connectivity index (χ0) is 35.8. The Bertz CT molecular complexity index is 2230. The van der Waals surface area contributed by atoms with Gasteiger partial charge in [0.15, 0.2) is 11.7 Å². The molecule has 1 aliphatic rings. The first-order valence-corrected chi connectivity index (χ1v) is 18.7. The highest BCUT2D eigenvalue weighted by Gasteiger charge is 2.35.